The second-order valence-corrected chi connectivity index (χ2v) is 10.7. The van der Waals surface area contributed by atoms with Crippen LogP contribution in [-0.4, -0.2) is 39.6 Å². The van der Waals surface area contributed by atoms with Gasteiger partial charge in [0, 0.05) is 6.04 Å². The number of rotatable bonds is 8. The SMILES string of the molecule is COc1ccccc1-n1c(SCC(=O)N[C@H](C)[C@@H]2C[C@@H]3CC[C@@H]2C3)nnc1-c1cccs1. The monoisotopic (exact) mass is 468 g/mol. The number of thiophene rings is 1. The number of carbonyl (C=O) groups excluding carboxylic acids is 1. The molecule has 2 bridgehead atoms. The van der Waals surface area contributed by atoms with E-state index in [2.05, 4.69) is 22.4 Å². The molecular weight excluding hydrogens is 440 g/mol. The first kappa shape index (κ1) is 21.5. The zero-order valence-corrected chi connectivity index (χ0v) is 20.0. The number of nitrogens with zero attached hydrogens (tertiary/aromatic N) is 3. The summed E-state index contributed by atoms with van der Waals surface area (Å²) in [5.41, 5.74) is 0.863. The molecule has 2 aliphatic carbocycles. The Labute approximate surface area is 196 Å². The fraction of sp³-hybridized carbons (Fsp3) is 0.458. The van der Waals surface area contributed by atoms with Gasteiger partial charge in [-0.3, -0.25) is 9.36 Å². The molecule has 5 rings (SSSR count). The molecule has 32 heavy (non-hydrogen) atoms. The lowest BCUT2D eigenvalue weighted by atomic mass is 9.84. The van der Waals surface area contributed by atoms with E-state index >= 15 is 0 Å². The van der Waals surface area contributed by atoms with Crippen molar-refractivity contribution in [1.29, 1.82) is 0 Å². The number of thioether (sulfide) groups is 1. The maximum absolute atomic E-state index is 12.8. The highest BCUT2D eigenvalue weighted by atomic mass is 32.2. The Balaban J connectivity index is 1.33. The van der Waals surface area contributed by atoms with Gasteiger partial charge in [0.25, 0.3) is 0 Å². The molecule has 0 unspecified atom stereocenters. The summed E-state index contributed by atoms with van der Waals surface area (Å²) < 4.78 is 7.58. The van der Waals surface area contributed by atoms with Gasteiger partial charge in [-0.05, 0) is 67.5 Å². The van der Waals surface area contributed by atoms with Crippen molar-refractivity contribution < 1.29 is 9.53 Å². The minimum absolute atomic E-state index is 0.0533. The van der Waals surface area contributed by atoms with Crippen LogP contribution in [0.2, 0.25) is 0 Å². The summed E-state index contributed by atoms with van der Waals surface area (Å²) >= 11 is 3.03. The highest BCUT2D eigenvalue weighted by Gasteiger charge is 2.42. The molecule has 0 radical (unpaired) electrons. The average molecular weight is 469 g/mol. The van der Waals surface area contributed by atoms with Crippen LogP contribution in [0.5, 0.6) is 5.75 Å². The van der Waals surface area contributed by atoms with Crippen LogP contribution < -0.4 is 10.1 Å². The van der Waals surface area contributed by atoms with Crippen LogP contribution in [0, 0.1) is 17.8 Å². The van der Waals surface area contributed by atoms with Crippen LogP contribution >= 0.6 is 23.1 Å². The Hall–Kier alpha value is -2.32. The molecule has 1 aromatic carbocycles. The molecule has 3 aromatic rings. The van der Waals surface area contributed by atoms with Gasteiger partial charge in [0.15, 0.2) is 11.0 Å². The number of para-hydroxylation sites is 2. The van der Waals surface area contributed by atoms with Crippen LogP contribution in [0.1, 0.15) is 32.6 Å². The predicted molar refractivity (Wildman–Crippen MR) is 128 cm³/mol. The second-order valence-electron chi connectivity index (χ2n) is 8.77. The average Bonchev–Trinajstić information content (AvgIpc) is 3.61. The number of carbonyl (C=O) groups is 1. The molecule has 6 nitrogen and oxygen atoms in total. The number of hydrogen-bond donors (Lipinski definition) is 1. The number of fused-ring (bicyclic) bond motifs is 2. The smallest absolute Gasteiger partial charge is 0.230 e. The third-order valence-electron chi connectivity index (χ3n) is 6.86. The minimum atomic E-state index is 0.0533. The summed E-state index contributed by atoms with van der Waals surface area (Å²) in [6.45, 7) is 2.17. The molecule has 2 saturated carbocycles. The highest BCUT2D eigenvalue weighted by Crippen LogP contribution is 2.49. The predicted octanol–water partition coefficient (Wildman–Crippen LogP) is 5.04. The molecule has 1 N–H and O–H groups in total. The first-order valence-corrected chi connectivity index (χ1v) is 13.1. The van der Waals surface area contributed by atoms with Gasteiger partial charge in [0.05, 0.1) is 23.4 Å². The molecular formula is C24H28N4O2S2. The van der Waals surface area contributed by atoms with Crippen molar-refractivity contribution in [3.05, 3.63) is 41.8 Å². The van der Waals surface area contributed by atoms with E-state index in [1.54, 1.807) is 18.4 Å². The van der Waals surface area contributed by atoms with Gasteiger partial charge in [0.2, 0.25) is 5.91 Å². The number of hydrogen-bond acceptors (Lipinski definition) is 6. The Bertz CT molecular complexity index is 1080. The summed E-state index contributed by atoms with van der Waals surface area (Å²) in [5, 5.41) is 14.8. The number of aromatic nitrogens is 3. The number of benzene rings is 1. The third-order valence-corrected chi connectivity index (χ3v) is 8.65. The zero-order chi connectivity index (χ0) is 22.1. The van der Waals surface area contributed by atoms with E-state index in [0.29, 0.717) is 16.8 Å². The summed E-state index contributed by atoms with van der Waals surface area (Å²) in [6, 6.07) is 12.1. The number of nitrogens with one attached hydrogen (secondary N) is 1. The molecule has 2 fully saturated rings. The summed E-state index contributed by atoms with van der Waals surface area (Å²) in [5.74, 6) is 4.16. The van der Waals surface area contributed by atoms with E-state index in [0.717, 1.165) is 34.0 Å². The second kappa shape index (κ2) is 9.27. The molecule has 2 heterocycles. The molecule has 0 saturated heterocycles. The van der Waals surface area contributed by atoms with Gasteiger partial charge in [-0.1, -0.05) is 36.4 Å². The van der Waals surface area contributed by atoms with E-state index in [1.807, 2.05) is 46.3 Å². The maximum atomic E-state index is 12.8. The van der Waals surface area contributed by atoms with Crippen molar-refractivity contribution in [2.24, 2.45) is 17.8 Å². The van der Waals surface area contributed by atoms with Gasteiger partial charge in [-0.15, -0.1) is 21.5 Å². The minimum Gasteiger partial charge on any atom is -0.495 e. The van der Waals surface area contributed by atoms with Crippen molar-refractivity contribution in [1.82, 2.24) is 20.1 Å². The highest BCUT2D eigenvalue weighted by molar-refractivity contribution is 7.99. The standard InChI is InChI=1S/C24H28N4O2S2/c1-15(18-13-16-9-10-17(18)12-16)25-22(29)14-32-24-27-26-23(21-8-5-11-31-21)28(24)19-6-3-4-7-20(19)30-2/h3-8,11,15-18H,9-10,12-14H2,1-2H3,(H,25,29)/t15-,16-,17-,18+/m1/s1. The lowest BCUT2D eigenvalue weighted by molar-refractivity contribution is -0.119. The molecule has 0 aliphatic heterocycles. The van der Waals surface area contributed by atoms with Gasteiger partial charge in [-0.25, -0.2) is 0 Å². The van der Waals surface area contributed by atoms with Crippen molar-refractivity contribution in [3.63, 3.8) is 0 Å². The fourth-order valence-corrected chi connectivity index (χ4v) is 6.85. The normalized spacial score (nSPS) is 22.8. The van der Waals surface area contributed by atoms with Crippen molar-refractivity contribution in [2.45, 2.75) is 43.8 Å². The maximum Gasteiger partial charge on any atom is 0.230 e. The molecule has 2 aromatic heterocycles. The molecule has 8 heteroatoms. The first-order valence-electron chi connectivity index (χ1n) is 11.2. The number of amides is 1. The van der Waals surface area contributed by atoms with E-state index < -0.39 is 0 Å². The lowest BCUT2D eigenvalue weighted by Gasteiger charge is -2.28. The Kier molecular flexibility index (Phi) is 6.24. The van der Waals surface area contributed by atoms with Crippen LogP contribution in [0.15, 0.2) is 46.9 Å². The Morgan fingerprint density at radius 2 is 2.12 bits per heavy atom. The van der Waals surface area contributed by atoms with Crippen LogP contribution in [0.4, 0.5) is 0 Å². The van der Waals surface area contributed by atoms with E-state index in [9.17, 15) is 4.79 Å². The largest absolute Gasteiger partial charge is 0.495 e. The van der Waals surface area contributed by atoms with E-state index in [-0.39, 0.29) is 11.9 Å². The summed E-state index contributed by atoms with van der Waals surface area (Å²) in [4.78, 5) is 13.8. The third kappa shape index (κ3) is 4.18. The van der Waals surface area contributed by atoms with Crippen molar-refractivity contribution >= 4 is 29.0 Å². The van der Waals surface area contributed by atoms with Crippen molar-refractivity contribution in [2.75, 3.05) is 12.9 Å². The fourth-order valence-electron chi connectivity index (χ4n) is 5.40. The molecule has 2 aliphatic rings. The zero-order valence-electron chi connectivity index (χ0n) is 18.4. The van der Waals surface area contributed by atoms with Gasteiger partial charge in [-0.2, -0.15) is 0 Å². The molecule has 1 amide bonds. The topological polar surface area (TPSA) is 69.0 Å². The van der Waals surface area contributed by atoms with E-state index in [4.69, 9.17) is 4.74 Å². The molecule has 4 atom stereocenters. The number of ether oxygens (including phenoxy) is 1. The molecule has 168 valence electrons. The lowest BCUT2D eigenvalue weighted by Crippen LogP contribution is -2.40. The van der Waals surface area contributed by atoms with Crippen LogP contribution in [-0.2, 0) is 4.79 Å². The van der Waals surface area contributed by atoms with Crippen molar-refractivity contribution in [3.8, 4) is 22.1 Å². The van der Waals surface area contributed by atoms with Gasteiger partial charge < -0.3 is 10.1 Å². The first-order chi connectivity index (χ1) is 15.6. The summed E-state index contributed by atoms with van der Waals surface area (Å²) in [7, 11) is 1.66. The molecule has 0 spiro atoms. The summed E-state index contributed by atoms with van der Waals surface area (Å²) in [6.07, 6.45) is 5.33. The number of methoxy groups -OCH3 is 1. The Morgan fingerprint density at radius 1 is 1.25 bits per heavy atom. The van der Waals surface area contributed by atoms with Crippen LogP contribution in [0.3, 0.4) is 0 Å². The van der Waals surface area contributed by atoms with Gasteiger partial charge >= 0.3 is 0 Å². The van der Waals surface area contributed by atoms with E-state index in [1.165, 1.54) is 37.4 Å². The van der Waals surface area contributed by atoms with Gasteiger partial charge in [0.1, 0.15) is 5.75 Å². The Morgan fingerprint density at radius 3 is 2.84 bits per heavy atom. The quantitative estimate of drug-likeness (QED) is 0.469. The van der Waals surface area contributed by atoms with Crippen LogP contribution in [0.25, 0.3) is 16.4 Å².